The Morgan fingerprint density at radius 3 is 2.59 bits per heavy atom. The highest BCUT2D eigenvalue weighted by atomic mass is 35.7. The minimum Gasteiger partial charge on any atom is -0.492 e. The second-order valence-electron chi connectivity index (χ2n) is 3.58. The quantitative estimate of drug-likeness (QED) is 0.592. The van der Waals surface area contributed by atoms with Gasteiger partial charge in [0.15, 0.2) is 0 Å². The van der Waals surface area contributed by atoms with Crippen LogP contribution in [0.4, 0.5) is 0 Å². The largest absolute Gasteiger partial charge is 0.492 e. The van der Waals surface area contributed by atoms with Crippen molar-refractivity contribution in [3.63, 3.8) is 0 Å². The van der Waals surface area contributed by atoms with Gasteiger partial charge in [-0.15, -0.1) is 0 Å². The molecule has 0 aliphatic rings. The Morgan fingerprint density at radius 2 is 2.00 bits per heavy atom. The standard InChI is InChI=1S/C11H14Cl2O3S/c1-2-3-4-7-16-10-6-5-9(12)8-11(10)17(13,14)15/h5-6,8H,2-4,7H2,1H3. The fourth-order valence-corrected chi connectivity index (χ4v) is 2.56. The van der Waals surface area contributed by atoms with Crippen LogP contribution in [-0.4, -0.2) is 15.0 Å². The molecule has 1 rings (SSSR count). The Hall–Kier alpha value is -0.450. The van der Waals surface area contributed by atoms with Crippen LogP contribution in [0.1, 0.15) is 26.2 Å². The minimum absolute atomic E-state index is 0.0804. The third-order valence-electron chi connectivity index (χ3n) is 2.17. The molecular weight excluding hydrogens is 283 g/mol. The number of rotatable bonds is 6. The maximum Gasteiger partial charge on any atom is 0.265 e. The summed E-state index contributed by atoms with van der Waals surface area (Å²) >= 11 is 5.73. The van der Waals surface area contributed by atoms with Crippen molar-refractivity contribution in [1.82, 2.24) is 0 Å². The molecule has 3 nitrogen and oxygen atoms in total. The van der Waals surface area contributed by atoms with E-state index in [1.807, 2.05) is 0 Å². The fourth-order valence-electron chi connectivity index (χ4n) is 1.33. The highest BCUT2D eigenvalue weighted by molar-refractivity contribution is 8.13. The normalized spacial score (nSPS) is 11.5. The summed E-state index contributed by atoms with van der Waals surface area (Å²) in [5.41, 5.74) is 0. The van der Waals surface area contributed by atoms with Gasteiger partial charge in [-0.3, -0.25) is 0 Å². The van der Waals surface area contributed by atoms with Crippen LogP contribution in [-0.2, 0) is 9.05 Å². The molecule has 0 saturated carbocycles. The van der Waals surface area contributed by atoms with E-state index in [0.717, 1.165) is 19.3 Å². The molecule has 0 fully saturated rings. The molecule has 0 amide bonds. The molecule has 96 valence electrons. The lowest BCUT2D eigenvalue weighted by Gasteiger charge is -2.09. The Kier molecular flexibility index (Phi) is 5.56. The molecule has 1 aromatic rings. The van der Waals surface area contributed by atoms with Gasteiger partial charge in [0, 0.05) is 15.7 Å². The average Bonchev–Trinajstić information content (AvgIpc) is 2.25. The van der Waals surface area contributed by atoms with Gasteiger partial charge in [-0.1, -0.05) is 31.4 Å². The molecule has 0 aliphatic heterocycles. The van der Waals surface area contributed by atoms with E-state index in [2.05, 4.69) is 6.92 Å². The molecule has 1 aromatic carbocycles. The summed E-state index contributed by atoms with van der Waals surface area (Å²) in [7, 11) is 1.47. The maximum absolute atomic E-state index is 11.3. The Balaban J connectivity index is 2.84. The van der Waals surface area contributed by atoms with Crippen molar-refractivity contribution in [2.24, 2.45) is 0 Å². The smallest absolute Gasteiger partial charge is 0.265 e. The molecule has 6 heteroatoms. The van der Waals surface area contributed by atoms with Crippen LogP contribution in [0.2, 0.25) is 5.02 Å². The SMILES string of the molecule is CCCCCOc1ccc(Cl)cc1S(=O)(=O)Cl. The molecular formula is C11H14Cl2O3S. The van der Waals surface area contributed by atoms with Crippen LogP contribution >= 0.6 is 22.3 Å². The predicted octanol–water partition coefficient (Wildman–Crippen LogP) is 3.84. The first-order valence-corrected chi connectivity index (χ1v) is 8.01. The minimum atomic E-state index is -3.84. The second kappa shape index (κ2) is 6.47. The first-order chi connectivity index (χ1) is 7.95. The number of hydrogen-bond acceptors (Lipinski definition) is 3. The summed E-state index contributed by atoms with van der Waals surface area (Å²) < 4.78 is 28.0. The van der Waals surface area contributed by atoms with Crippen LogP contribution in [0.15, 0.2) is 23.1 Å². The Labute approximate surface area is 111 Å². The summed E-state index contributed by atoms with van der Waals surface area (Å²) in [6.07, 6.45) is 2.99. The van der Waals surface area contributed by atoms with E-state index >= 15 is 0 Å². The zero-order chi connectivity index (χ0) is 12.9. The number of unbranched alkanes of at least 4 members (excludes halogenated alkanes) is 2. The summed E-state index contributed by atoms with van der Waals surface area (Å²) in [4.78, 5) is -0.0804. The van der Waals surface area contributed by atoms with Gasteiger partial charge in [0.2, 0.25) is 0 Å². The van der Waals surface area contributed by atoms with Gasteiger partial charge in [-0.2, -0.15) is 0 Å². The lowest BCUT2D eigenvalue weighted by atomic mass is 10.3. The average molecular weight is 297 g/mol. The van der Waals surface area contributed by atoms with Crippen LogP contribution in [0.25, 0.3) is 0 Å². The lowest BCUT2D eigenvalue weighted by molar-refractivity contribution is 0.299. The van der Waals surface area contributed by atoms with Gasteiger partial charge in [-0.25, -0.2) is 8.42 Å². The van der Waals surface area contributed by atoms with Crippen LogP contribution < -0.4 is 4.74 Å². The Bertz CT molecular complexity index is 472. The predicted molar refractivity (Wildman–Crippen MR) is 69.5 cm³/mol. The second-order valence-corrected chi connectivity index (χ2v) is 6.56. The fraction of sp³-hybridized carbons (Fsp3) is 0.455. The van der Waals surface area contributed by atoms with Gasteiger partial charge >= 0.3 is 0 Å². The number of halogens is 2. The van der Waals surface area contributed by atoms with E-state index in [4.69, 9.17) is 27.0 Å². The van der Waals surface area contributed by atoms with Crippen molar-refractivity contribution < 1.29 is 13.2 Å². The molecule has 17 heavy (non-hydrogen) atoms. The van der Waals surface area contributed by atoms with Crippen LogP contribution in [0, 0.1) is 0 Å². The highest BCUT2D eigenvalue weighted by Gasteiger charge is 2.17. The molecule has 0 unspecified atom stereocenters. The van der Waals surface area contributed by atoms with E-state index in [1.54, 1.807) is 6.07 Å². The molecule has 0 aromatic heterocycles. The van der Waals surface area contributed by atoms with Crippen molar-refractivity contribution >= 4 is 31.3 Å². The maximum atomic E-state index is 11.3. The Morgan fingerprint density at radius 1 is 1.29 bits per heavy atom. The van der Waals surface area contributed by atoms with Gasteiger partial charge in [0.05, 0.1) is 6.61 Å². The van der Waals surface area contributed by atoms with Crippen molar-refractivity contribution in [3.8, 4) is 5.75 Å². The van der Waals surface area contributed by atoms with Crippen molar-refractivity contribution in [1.29, 1.82) is 0 Å². The first-order valence-electron chi connectivity index (χ1n) is 5.32. The summed E-state index contributed by atoms with van der Waals surface area (Å²) in [5, 5.41) is 0.310. The number of hydrogen-bond donors (Lipinski definition) is 0. The number of benzene rings is 1. The monoisotopic (exact) mass is 296 g/mol. The zero-order valence-electron chi connectivity index (χ0n) is 9.45. The van der Waals surface area contributed by atoms with Gasteiger partial charge in [0.1, 0.15) is 10.6 Å². The topological polar surface area (TPSA) is 43.4 Å². The van der Waals surface area contributed by atoms with Gasteiger partial charge < -0.3 is 4.74 Å². The zero-order valence-corrected chi connectivity index (χ0v) is 11.8. The summed E-state index contributed by atoms with van der Waals surface area (Å²) in [6.45, 7) is 2.55. The molecule has 0 heterocycles. The molecule has 0 saturated heterocycles. The van der Waals surface area contributed by atoms with Gasteiger partial charge in [-0.05, 0) is 24.6 Å². The number of ether oxygens (including phenoxy) is 1. The molecule has 0 atom stereocenters. The summed E-state index contributed by atoms with van der Waals surface area (Å²) in [6, 6.07) is 4.38. The van der Waals surface area contributed by atoms with Crippen molar-refractivity contribution in [2.45, 2.75) is 31.1 Å². The van der Waals surface area contributed by atoms with Crippen LogP contribution in [0.3, 0.4) is 0 Å². The van der Waals surface area contributed by atoms with E-state index < -0.39 is 9.05 Å². The van der Waals surface area contributed by atoms with E-state index in [-0.39, 0.29) is 10.6 Å². The van der Waals surface area contributed by atoms with E-state index in [9.17, 15) is 8.42 Å². The van der Waals surface area contributed by atoms with Crippen LogP contribution in [0.5, 0.6) is 5.75 Å². The lowest BCUT2D eigenvalue weighted by Crippen LogP contribution is -2.02. The first kappa shape index (κ1) is 14.6. The molecule has 0 aliphatic carbocycles. The third-order valence-corrected chi connectivity index (χ3v) is 3.75. The third kappa shape index (κ3) is 4.74. The van der Waals surface area contributed by atoms with Gasteiger partial charge in [0.25, 0.3) is 9.05 Å². The molecule has 0 radical (unpaired) electrons. The van der Waals surface area contributed by atoms with E-state index in [1.165, 1.54) is 12.1 Å². The van der Waals surface area contributed by atoms with Crippen molar-refractivity contribution in [2.75, 3.05) is 6.61 Å². The van der Waals surface area contributed by atoms with Crippen molar-refractivity contribution in [3.05, 3.63) is 23.2 Å². The summed E-state index contributed by atoms with van der Waals surface area (Å²) in [5.74, 6) is 0.250. The molecule has 0 N–H and O–H groups in total. The highest BCUT2D eigenvalue weighted by Crippen LogP contribution is 2.29. The van der Waals surface area contributed by atoms with E-state index in [0.29, 0.717) is 11.6 Å². The molecule has 0 bridgehead atoms. The molecule has 0 spiro atoms.